The Kier molecular flexibility index (Phi) is 5.53. The molecular formula is C30H44O6. The van der Waals surface area contributed by atoms with Crippen molar-refractivity contribution in [2.75, 3.05) is 0 Å². The van der Waals surface area contributed by atoms with Crippen molar-refractivity contribution in [2.24, 2.45) is 56.7 Å². The number of rotatable bonds is 3. The van der Waals surface area contributed by atoms with Crippen LogP contribution in [0.1, 0.15) is 92.4 Å². The van der Waals surface area contributed by atoms with Gasteiger partial charge < -0.3 is 15.3 Å². The molecule has 3 N–H and O–H groups in total. The summed E-state index contributed by atoms with van der Waals surface area (Å²) in [6, 6.07) is 0. The minimum absolute atomic E-state index is 0.00774. The topological polar surface area (TPSA) is 112 Å². The third kappa shape index (κ3) is 2.80. The molecule has 0 spiro atoms. The molecule has 0 aromatic rings. The summed E-state index contributed by atoms with van der Waals surface area (Å²) in [6.45, 7) is 14.4. The van der Waals surface area contributed by atoms with Crippen LogP contribution < -0.4 is 0 Å². The summed E-state index contributed by atoms with van der Waals surface area (Å²) in [7, 11) is 0. The Hall–Kier alpha value is -1.69. The lowest BCUT2D eigenvalue weighted by Crippen LogP contribution is -2.72. The molecule has 5 aliphatic rings. The molecule has 0 aromatic heterocycles. The van der Waals surface area contributed by atoms with Gasteiger partial charge in [0.1, 0.15) is 5.78 Å². The number of fused-ring (bicyclic) bond motifs is 7. The SMILES string of the molecule is C=C(C)[C@@H]1CC[C@]2(C(=O)O)CC[C@]3(C(=O)O)C(CCC4[C@@]5(C)CCC(=O)C(C)(C)C5[C@H](O)C[C@]43C)C12. The first-order chi connectivity index (χ1) is 16.6. The lowest BCUT2D eigenvalue weighted by molar-refractivity contribution is -0.264. The number of carbonyl (C=O) groups excluding carboxylic acids is 1. The molecule has 0 amide bonds. The Morgan fingerprint density at radius 3 is 2.19 bits per heavy atom. The average molecular weight is 501 g/mol. The second-order valence-corrected chi connectivity index (χ2v) is 14.3. The number of allylic oxidation sites excluding steroid dienone is 1. The van der Waals surface area contributed by atoms with Gasteiger partial charge >= 0.3 is 11.9 Å². The normalized spacial score (nSPS) is 51.3. The van der Waals surface area contributed by atoms with Crippen molar-refractivity contribution in [3.05, 3.63) is 12.2 Å². The Balaban J connectivity index is 1.67. The number of carboxylic acid groups (broad SMARTS) is 2. The van der Waals surface area contributed by atoms with Gasteiger partial charge in [0.05, 0.1) is 16.9 Å². The zero-order chi connectivity index (χ0) is 26.6. The number of carbonyl (C=O) groups is 3. The molecule has 6 nitrogen and oxygen atoms in total. The Bertz CT molecular complexity index is 1030. The summed E-state index contributed by atoms with van der Waals surface area (Å²) in [6.07, 6.45) is 4.24. The number of aliphatic hydroxyl groups excluding tert-OH is 1. The fraction of sp³-hybridized carbons (Fsp3) is 0.833. The van der Waals surface area contributed by atoms with E-state index in [0.717, 1.165) is 18.4 Å². The van der Waals surface area contributed by atoms with Crippen LogP contribution >= 0.6 is 0 Å². The molecule has 0 radical (unpaired) electrons. The number of aliphatic carboxylic acids is 2. The monoisotopic (exact) mass is 500 g/mol. The van der Waals surface area contributed by atoms with Gasteiger partial charge in [-0.3, -0.25) is 14.4 Å². The van der Waals surface area contributed by atoms with Gasteiger partial charge in [-0.25, -0.2) is 0 Å². The first-order valence-electron chi connectivity index (χ1n) is 13.9. The maximum Gasteiger partial charge on any atom is 0.310 e. The maximum atomic E-state index is 13.6. The van der Waals surface area contributed by atoms with Crippen LogP contribution in [0.25, 0.3) is 0 Å². The van der Waals surface area contributed by atoms with E-state index in [4.69, 9.17) is 0 Å². The number of hydrogen-bond acceptors (Lipinski definition) is 4. The highest BCUT2D eigenvalue weighted by Gasteiger charge is 2.76. The summed E-state index contributed by atoms with van der Waals surface area (Å²) >= 11 is 0. The predicted molar refractivity (Wildman–Crippen MR) is 135 cm³/mol. The number of carboxylic acids is 2. The quantitative estimate of drug-likeness (QED) is 0.452. The van der Waals surface area contributed by atoms with E-state index in [2.05, 4.69) is 20.4 Å². The summed E-state index contributed by atoms with van der Waals surface area (Å²) in [5.41, 5.74) is -2.71. The van der Waals surface area contributed by atoms with Crippen molar-refractivity contribution < 1.29 is 29.7 Å². The second-order valence-electron chi connectivity index (χ2n) is 14.3. The number of ketones is 1. The van der Waals surface area contributed by atoms with Crippen molar-refractivity contribution in [3.63, 3.8) is 0 Å². The van der Waals surface area contributed by atoms with Crippen molar-refractivity contribution in [3.8, 4) is 0 Å². The highest BCUT2D eigenvalue weighted by Crippen LogP contribution is 2.77. The minimum atomic E-state index is -1.10. The maximum absolute atomic E-state index is 13.6. The number of hydrogen-bond donors (Lipinski definition) is 3. The standard InChI is InChI=1S/C30H44O6/c1-16(2)17-9-12-29(24(33)34)13-14-30(25(35)36)18(22(17)29)7-8-20-27(5)11-10-21(32)26(3,4)23(27)19(31)15-28(20,30)6/h17-20,22-23,31H,1,7-15H2,2-6H3,(H,33,34)(H,35,36)/t17-,18?,19+,20?,22?,23?,27+,28+,29-,30+/m0/s1. The van der Waals surface area contributed by atoms with Crippen LogP contribution in [0.3, 0.4) is 0 Å². The highest BCUT2D eigenvalue weighted by molar-refractivity contribution is 5.86. The Morgan fingerprint density at radius 1 is 0.944 bits per heavy atom. The van der Waals surface area contributed by atoms with Crippen molar-refractivity contribution in [2.45, 2.75) is 98.5 Å². The second kappa shape index (κ2) is 7.68. The van der Waals surface area contributed by atoms with Crippen molar-refractivity contribution >= 4 is 17.7 Å². The van der Waals surface area contributed by atoms with E-state index < -0.39 is 39.7 Å². The van der Waals surface area contributed by atoms with E-state index in [1.807, 2.05) is 20.8 Å². The zero-order valence-corrected chi connectivity index (χ0v) is 22.6. The fourth-order valence-corrected chi connectivity index (χ4v) is 11.6. The molecule has 10 atom stereocenters. The highest BCUT2D eigenvalue weighted by atomic mass is 16.4. The molecule has 5 aliphatic carbocycles. The van der Waals surface area contributed by atoms with Crippen LogP contribution in [0, 0.1) is 56.7 Å². The first kappa shape index (κ1) is 25.9. The van der Waals surface area contributed by atoms with Crippen LogP contribution in [0.15, 0.2) is 12.2 Å². The summed E-state index contributed by atoms with van der Waals surface area (Å²) < 4.78 is 0. The van der Waals surface area contributed by atoms with Gasteiger partial charge in [0.25, 0.3) is 0 Å². The van der Waals surface area contributed by atoms with Crippen LogP contribution in [-0.2, 0) is 14.4 Å². The van der Waals surface area contributed by atoms with Crippen LogP contribution in [-0.4, -0.2) is 39.1 Å². The fourth-order valence-electron chi connectivity index (χ4n) is 11.6. The third-order valence-electron chi connectivity index (χ3n) is 12.9. The van der Waals surface area contributed by atoms with E-state index in [9.17, 15) is 29.7 Å². The minimum Gasteiger partial charge on any atom is -0.481 e. The van der Waals surface area contributed by atoms with Crippen molar-refractivity contribution in [1.82, 2.24) is 0 Å². The van der Waals surface area contributed by atoms with E-state index in [1.165, 1.54) is 0 Å². The van der Waals surface area contributed by atoms with Crippen LogP contribution in [0.5, 0.6) is 0 Å². The molecule has 4 unspecified atom stereocenters. The van der Waals surface area contributed by atoms with Crippen molar-refractivity contribution in [1.29, 1.82) is 0 Å². The Labute approximate surface area is 214 Å². The lowest BCUT2D eigenvalue weighted by atomic mass is 9.31. The number of aliphatic hydroxyl groups is 1. The average Bonchev–Trinajstić information content (AvgIpc) is 3.17. The van der Waals surface area contributed by atoms with E-state index in [1.54, 1.807) is 0 Å². The molecule has 0 saturated heterocycles. The molecular weight excluding hydrogens is 456 g/mol. The summed E-state index contributed by atoms with van der Waals surface area (Å²) in [5.74, 6) is -2.08. The van der Waals surface area contributed by atoms with E-state index >= 15 is 0 Å². The Morgan fingerprint density at radius 2 is 1.61 bits per heavy atom. The first-order valence-corrected chi connectivity index (χ1v) is 13.9. The van der Waals surface area contributed by atoms with E-state index in [-0.39, 0.29) is 40.8 Å². The smallest absolute Gasteiger partial charge is 0.310 e. The van der Waals surface area contributed by atoms with Gasteiger partial charge in [0, 0.05) is 17.8 Å². The molecule has 5 rings (SSSR count). The summed E-state index contributed by atoms with van der Waals surface area (Å²) in [4.78, 5) is 39.3. The van der Waals surface area contributed by atoms with Crippen LogP contribution in [0.4, 0.5) is 0 Å². The zero-order valence-electron chi connectivity index (χ0n) is 22.6. The predicted octanol–water partition coefficient (Wildman–Crippen LogP) is 5.33. The molecule has 36 heavy (non-hydrogen) atoms. The van der Waals surface area contributed by atoms with Gasteiger partial charge in [-0.05, 0) is 92.8 Å². The molecule has 6 heteroatoms. The van der Waals surface area contributed by atoms with Gasteiger partial charge in [0.15, 0.2) is 0 Å². The number of Topliss-reactive ketones (excluding diaryl/α,β-unsaturated/α-hetero) is 1. The molecule has 5 saturated carbocycles. The van der Waals surface area contributed by atoms with Gasteiger partial charge in [-0.2, -0.15) is 0 Å². The molecule has 0 aromatic carbocycles. The van der Waals surface area contributed by atoms with Gasteiger partial charge in [-0.15, -0.1) is 0 Å². The summed E-state index contributed by atoms with van der Waals surface area (Å²) in [5, 5.41) is 33.3. The molecule has 5 fully saturated rings. The van der Waals surface area contributed by atoms with Crippen LogP contribution in [0.2, 0.25) is 0 Å². The molecule has 200 valence electrons. The van der Waals surface area contributed by atoms with Gasteiger partial charge in [0.2, 0.25) is 0 Å². The molecule has 0 heterocycles. The van der Waals surface area contributed by atoms with E-state index in [0.29, 0.717) is 44.9 Å². The van der Waals surface area contributed by atoms with Gasteiger partial charge in [-0.1, -0.05) is 39.8 Å². The third-order valence-corrected chi connectivity index (χ3v) is 12.9. The lowest BCUT2D eigenvalue weighted by Gasteiger charge is -2.72. The largest absolute Gasteiger partial charge is 0.481 e. The molecule has 0 bridgehead atoms. The molecule has 0 aliphatic heterocycles.